The van der Waals surface area contributed by atoms with Crippen LogP contribution in [0.25, 0.3) is 10.6 Å². The molecule has 2 aromatic heterocycles. The fraction of sp³-hybridized carbons (Fsp3) is 0.286. The smallest absolute Gasteiger partial charge is 0.256 e. The standard InChI is InChI=1S/C21H23ClF2N5PS/c1-5-13-8-14(21-26-11(2)12(3)31-21)6-7-15(13)27-16-9-17(22)28-20(19(16)25-4)29(30)10-18(23)24/h6-9,18H,4-5,10,30H2,1-3H3,(H,27,28). The van der Waals surface area contributed by atoms with Gasteiger partial charge >= 0.3 is 0 Å². The number of halogens is 3. The van der Waals surface area contributed by atoms with Gasteiger partial charge in [0.25, 0.3) is 6.43 Å². The molecule has 1 atom stereocenters. The number of alkyl halides is 2. The van der Waals surface area contributed by atoms with E-state index in [9.17, 15) is 8.78 Å². The van der Waals surface area contributed by atoms with Gasteiger partial charge in [-0.05, 0) is 60.1 Å². The van der Waals surface area contributed by atoms with E-state index in [1.54, 1.807) is 17.4 Å². The monoisotopic (exact) mass is 481 g/mol. The first kappa shape index (κ1) is 23.5. The summed E-state index contributed by atoms with van der Waals surface area (Å²) in [5.41, 5.74) is 4.90. The molecule has 3 aromatic rings. The Morgan fingerprint density at radius 1 is 1.26 bits per heavy atom. The number of hydrogen-bond donors (Lipinski definition) is 1. The summed E-state index contributed by atoms with van der Waals surface area (Å²) in [7, 11) is 2.23. The zero-order valence-electron chi connectivity index (χ0n) is 17.4. The molecule has 1 N–H and O–H groups in total. The number of pyridine rings is 1. The van der Waals surface area contributed by atoms with E-state index >= 15 is 0 Å². The molecule has 0 bridgehead atoms. The number of aryl methyl sites for hydroxylation is 3. The first-order valence-corrected chi connectivity index (χ1v) is 11.3. The summed E-state index contributed by atoms with van der Waals surface area (Å²) < 4.78 is 27.0. The molecule has 164 valence electrons. The normalized spacial score (nSPS) is 11.1. The Hall–Kier alpha value is -2.15. The summed E-state index contributed by atoms with van der Waals surface area (Å²) in [5, 5.41) is 4.47. The minimum absolute atomic E-state index is 0.162. The predicted octanol–water partition coefficient (Wildman–Crippen LogP) is 6.98. The Kier molecular flexibility index (Phi) is 7.57. The number of nitrogens with zero attached hydrogens (tertiary/aromatic N) is 4. The second kappa shape index (κ2) is 9.98. The number of hydrogen-bond acceptors (Lipinski definition) is 6. The SMILES string of the molecule is C=Nc1c(Nc2ccc(-c3nc(C)c(C)s3)cc2CC)cc(Cl)nc1N(P)CC(F)F. The van der Waals surface area contributed by atoms with Crippen LogP contribution in [0.1, 0.15) is 23.1 Å². The first-order chi connectivity index (χ1) is 14.7. The summed E-state index contributed by atoms with van der Waals surface area (Å²) >= 11 is 7.84. The van der Waals surface area contributed by atoms with Crippen molar-refractivity contribution in [1.82, 2.24) is 9.97 Å². The van der Waals surface area contributed by atoms with Crippen molar-refractivity contribution in [1.29, 1.82) is 0 Å². The minimum Gasteiger partial charge on any atom is -0.353 e. The third kappa shape index (κ3) is 5.37. The van der Waals surface area contributed by atoms with Crippen molar-refractivity contribution in [2.75, 3.05) is 16.5 Å². The van der Waals surface area contributed by atoms with Crippen molar-refractivity contribution >= 4 is 61.9 Å². The molecule has 0 spiro atoms. The topological polar surface area (TPSA) is 53.4 Å². The fourth-order valence-corrected chi connectivity index (χ4v) is 4.50. The van der Waals surface area contributed by atoms with Crippen LogP contribution in [0.15, 0.2) is 29.3 Å². The van der Waals surface area contributed by atoms with Gasteiger partial charge in [-0.1, -0.05) is 18.5 Å². The molecule has 0 aliphatic heterocycles. The molecule has 3 rings (SSSR count). The van der Waals surface area contributed by atoms with Gasteiger partial charge in [-0.25, -0.2) is 18.7 Å². The van der Waals surface area contributed by atoms with Crippen LogP contribution >= 0.6 is 32.3 Å². The van der Waals surface area contributed by atoms with Gasteiger partial charge in [0.2, 0.25) is 0 Å². The Balaban J connectivity index is 2.00. The molecule has 0 aliphatic rings. The number of anilines is 3. The summed E-state index contributed by atoms with van der Waals surface area (Å²) in [4.78, 5) is 14.0. The average Bonchev–Trinajstić information content (AvgIpc) is 3.05. The molecule has 2 heterocycles. The minimum atomic E-state index is -2.54. The maximum atomic E-state index is 12.9. The van der Waals surface area contributed by atoms with Crippen LogP contribution < -0.4 is 9.99 Å². The lowest BCUT2D eigenvalue weighted by molar-refractivity contribution is 0.159. The molecule has 0 aliphatic carbocycles. The number of aromatic nitrogens is 2. The van der Waals surface area contributed by atoms with Gasteiger partial charge in [0.1, 0.15) is 15.8 Å². The van der Waals surface area contributed by atoms with Crippen molar-refractivity contribution < 1.29 is 8.78 Å². The van der Waals surface area contributed by atoms with Crippen LogP contribution in [-0.4, -0.2) is 29.7 Å². The molecule has 0 saturated carbocycles. The highest BCUT2D eigenvalue weighted by atomic mass is 35.5. The maximum absolute atomic E-state index is 12.9. The maximum Gasteiger partial charge on any atom is 0.256 e. The Morgan fingerprint density at radius 2 is 2.00 bits per heavy atom. The summed E-state index contributed by atoms with van der Waals surface area (Å²) in [6, 6.07) is 7.68. The fourth-order valence-electron chi connectivity index (χ4n) is 3.06. The predicted molar refractivity (Wildman–Crippen MR) is 131 cm³/mol. The number of rotatable bonds is 8. The van der Waals surface area contributed by atoms with Crippen LogP contribution in [0, 0.1) is 13.8 Å². The highest BCUT2D eigenvalue weighted by Gasteiger charge is 2.19. The molecule has 0 radical (unpaired) electrons. The number of benzene rings is 1. The molecular formula is C21H23ClF2N5PS. The van der Waals surface area contributed by atoms with Gasteiger partial charge in [0.05, 0.1) is 17.9 Å². The highest BCUT2D eigenvalue weighted by Crippen LogP contribution is 2.40. The van der Waals surface area contributed by atoms with Crippen LogP contribution in [-0.2, 0) is 6.42 Å². The number of nitrogens with one attached hydrogen (secondary N) is 1. The van der Waals surface area contributed by atoms with E-state index in [0.717, 1.165) is 33.9 Å². The lowest BCUT2D eigenvalue weighted by Crippen LogP contribution is -2.19. The summed E-state index contributed by atoms with van der Waals surface area (Å²) in [5.74, 6) is 0.207. The molecule has 31 heavy (non-hydrogen) atoms. The van der Waals surface area contributed by atoms with E-state index in [1.807, 2.05) is 19.1 Å². The largest absolute Gasteiger partial charge is 0.353 e. The van der Waals surface area contributed by atoms with Crippen molar-refractivity contribution in [3.63, 3.8) is 0 Å². The van der Waals surface area contributed by atoms with Gasteiger partial charge < -0.3 is 9.99 Å². The molecule has 0 amide bonds. The number of aliphatic imine (C=N–C) groups is 1. The van der Waals surface area contributed by atoms with Crippen molar-refractivity contribution in [2.24, 2.45) is 4.99 Å². The summed E-state index contributed by atoms with van der Waals surface area (Å²) in [6.45, 7) is 9.19. The molecule has 1 aromatic carbocycles. The van der Waals surface area contributed by atoms with Gasteiger partial charge in [-0.15, -0.1) is 11.3 Å². The number of thiazole rings is 1. The molecule has 10 heteroatoms. The van der Waals surface area contributed by atoms with Crippen molar-refractivity contribution in [2.45, 2.75) is 33.6 Å². The van der Waals surface area contributed by atoms with E-state index in [-0.39, 0.29) is 11.0 Å². The second-order valence-corrected chi connectivity index (χ2v) is 9.09. The molecular weight excluding hydrogens is 459 g/mol. The Labute approximate surface area is 191 Å². The molecule has 0 fully saturated rings. The molecule has 5 nitrogen and oxygen atoms in total. The van der Waals surface area contributed by atoms with Crippen LogP contribution in [0.3, 0.4) is 0 Å². The lowest BCUT2D eigenvalue weighted by atomic mass is 10.1. The highest BCUT2D eigenvalue weighted by molar-refractivity contribution is 7.19. The van der Waals surface area contributed by atoms with Gasteiger partial charge in [0, 0.05) is 22.2 Å². The quantitative estimate of drug-likeness (QED) is 0.214. The average molecular weight is 482 g/mol. The van der Waals surface area contributed by atoms with Crippen molar-refractivity contribution in [3.05, 3.63) is 45.6 Å². The van der Waals surface area contributed by atoms with E-state index in [1.165, 1.54) is 9.55 Å². The van der Waals surface area contributed by atoms with E-state index in [4.69, 9.17) is 11.6 Å². The van der Waals surface area contributed by atoms with Crippen LogP contribution in [0.2, 0.25) is 5.15 Å². The van der Waals surface area contributed by atoms with Gasteiger partial charge in [0.15, 0.2) is 5.82 Å². The van der Waals surface area contributed by atoms with Crippen molar-refractivity contribution in [3.8, 4) is 10.6 Å². The Morgan fingerprint density at radius 3 is 2.58 bits per heavy atom. The third-order valence-electron chi connectivity index (χ3n) is 4.74. The van der Waals surface area contributed by atoms with E-state index in [2.05, 4.69) is 56.3 Å². The lowest BCUT2D eigenvalue weighted by Gasteiger charge is -2.22. The third-order valence-corrected chi connectivity index (χ3v) is 6.51. The van der Waals surface area contributed by atoms with Crippen LogP contribution in [0.5, 0.6) is 0 Å². The van der Waals surface area contributed by atoms with Gasteiger partial charge in [-0.2, -0.15) is 0 Å². The Bertz CT molecular complexity index is 1090. The van der Waals surface area contributed by atoms with E-state index in [0.29, 0.717) is 11.4 Å². The van der Waals surface area contributed by atoms with Crippen LogP contribution in [0.4, 0.5) is 31.7 Å². The second-order valence-electron chi connectivity index (χ2n) is 6.88. The van der Waals surface area contributed by atoms with E-state index < -0.39 is 13.0 Å². The van der Waals surface area contributed by atoms with Gasteiger partial charge in [-0.3, -0.25) is 4.99 Å². The summed E-state index contributed by atoms with van der Waals surface area (Å²) in [6.07, 6.45) is -1.76. The zero-order valence-corrected chi connectivity index (χ0v) is 20.1. The zero-order chi connectivity index (χ0) is 22.7. The molecule has 0 saturated heterocycles. The molecule has 1 unspecified atom stereocenters. The first-order valence-electron chi connectivity index (χ1n) is 9.55.